The highest BCUT2D eigenvalue weighted by atomic mass is 32.1. The zero-order chi connectivity index (χ0) is 10.1. The highest BCUT2D eigenvalue weighted by Gasteiger charge is 2.15. The molecular formula is C10H8O3S. The smallest absolute Gasteiger partial charge is 0.340 e. The Kier molecular flexibility index (Phi) is 2.13. The highest BCUT2D eigenvalue weighted by molar-refractivity contribution is 7.17. The topological polar surface area (TPSA) is 46.5 Å². The average Bonchev–Trinajstić information content (AvgIpc) is 2.62. The van der Waals surface area contributed by atoms with Crippen LogP contribution in [0.1, 0.15) is 10.4 Å². The molecule has 0 unspecified atom stereocenters. The maximum absolute atomic E-state index is 11.0. The molecule has 0 radical (unpaired) electrons. The van der Waals surface area contributed by atoms with Crippen molar-refractivity contribution in [2.24, 2.45) is 0 Å². The lowest BCUT2D eigenvalue weighted by molar-refractivity contribution is 0.0695. The van der Waals surface area contributed by atoms with E-state index in [0.29, 0.717) is 5.75 Å². The first kappa shape index (κ1) is 9.02. The Hall–Kier alpha value is -1.55. The molecule has 1 aromatic carbocycles. The third-order valence-electron chi connectivity index (χ3n) is 2.03. The summed E-state index contributed by atoms with van der Waals surface area (Å²) in [4.78, 5) is 11.0. The summed E-state index contributed by atoms with van der Waals surface area (Å²) >= 11 is 1.52. The molecule has 1 heterocycles. The van der Waals surface area contributed by atoms with E-state index in [1.807, 2.05) is 11.4 Å². The zero-order valence-corrected chi connectivity index (χ0v) is 8.30. The van der Waals surface area contributed by atoms with Gasteiger partial charge in [-0.25, -0.2) is 4.79 Å². The van der Waals surface area contributed by atoms with Gasteiger partial charge in [-0.1, -0.05) is 0 Å². The lowest BCUT2D eigenvalue weighted by Crippen LogP contribution is -2.00. The lowest BCUT2D eigenvalue weighted by Gasteiger charge is -2.05. The number of methoxy groups -OCH3 is 1. The van der Waals surface area contributed by atoms with E-state index in [1.165, 1.54) is 18.4 Å². The summed E-state index contributed by atoms with van der Waals surface area (Å²) in [5.41, 5.74) is 0.242. The molecule has 72 valence electrons. The molecule has 0 bridgehead atoms. The van der Waals surface area contributed by atoms with Crippen LogP contribution < -0.4 is 4.74 Å². The summed E-state index contributed by atoms with van der Waals surface area (Å²) in [5.74, 6) is -0.547. The molecule has 1 N–H and O–H groups in total. The fourth-order valence-electron chi connectivity index (χ4n) is 1.41. The molecule has 0 amide bonds. The van der Waals surface area contributed by atoms with Crippen LogP contribution in [0.4, 0.5) is 0 Å². The van der Waals surface area contributed by atoms with Crippen LogP contribution in [0.15, 0.2) is 23.6 Å². The molecule has 0 aliphatic carbocycles. The quantitative estimate of drug-likeness (QED) is 0.825. The molecule has 0 atom stereocenters. The van der Waals surface area contributed by atoms with Crippen LogP contribution in [0, 0.1) is 0 Å². The number of thiophene rings is 1. The van der Waals surface area contributed by atoms with Gasteiger partial charge in [0.05, 0.1) is 7.11 Å². The van der Waals surface area contributed by atoms with Crippen molar-refractivity contribution in [1.29, 1.82) is 0 Å². The number of carboxylic acid groups (broad SMARTS) is 1. The fraction of sp³-hybridized carbons (Fsp3) is 0.100. The summed E-state index contributed by atoms with van der Waals surface area (Å²) in [5, 5.41) is 11.6. The molecule has 0 fully saturated rings. The average molecular weight is 208 g/mol. The van der Waals surface area contributed by atoms with E-state index in [1.54, 1.807) is 12.1 Å². The third-order valence-corrected chi connectivity index (χ3v) is 2.91. The molecule has 3 nitrogen and oxygen atoms in total. The molecule has 14 heavy (non-hydrogen) atoms. The van der Waals surface area contributed by atoms with Gasteiger partial charge in [-0.3, -0.25) is 0 Å². The van der Waals surface area contributed by atoms with Crippen molar-refractivity contribution in [3.05, 3.63) is 29.1 Å². The Labute approximate surface area is 84.6 Å². The van der Waals surface area contributed by atoms with Gasteiger partial charge < -0.3 is 9.84 Å². The first-order chi connectivity index (χ1) is 6.74. The fourth-order valence-corrected chi connectivity index (χ4v) is 2.21. The number of fused-ring (bicyclic) bond motifs is 1. The van der Waals surface area contributed by atoms with Crippen molar-refractivity contribution in [2.75, 3.05) is 7.11 Å². The maximum Gasteiger partial charge on any atom is 0.340 e. The number of aromatic carboxylic acids is 1. The number of rotatable bonds is 2. The molecule has 0 aliphatic heterocycles. The summed E-state index contributed by atoms with van der Waals surface area (Å²) in [7, 11) is 1.47. The van der Waals surface area contributed by atoms with Crippen molar-refractivity contribution in [1.82, 2.24) is 0 Å². The van der Waals surface area contributed by atoms with E-state index in [9.17, 15) is 4.79 Å². The van der Waals surface area contributed by atoms with E-state index in [4.69, 9.17) is 9.84 Å². The first-order valence-electron chi connectivity index (χ1n) is 4.01. The van der Waals surface area contributed by atoms with Gasteiger partial charge >= 0.3 is 5.97 Å². The molecular weight excluding hydrogens is 200 g/mol. The summed E-state index contributed by atoms with van der Waals surface area (Å²) in [6.45, 7) is 0. The second-order valence-electron chi connectivity index (χ2n) is 2.78. The number of carbonyl (C=O) groups is 1. The Morgan fingerprint density at radius 3 is 2.86 bits per heavy atom. The maximum atomic E-state index is 11.0. The molecule has 2 aromatic rings. The first-order valence-corrected chi connectivity index (χ1v) is 4.89. The van der Waals surface area contributed by atoms with Gasteiger partial charge in [0.1, 0.15) is 11.3 Å². The van der Waals surface area contributed by atoms with Gasteiger partial charge in [-0.15, -0.1) is 11.3 Å². The summed E-state index contributed by atoms with van der Waals surface area (Å²) in [6, 6.07) is 5.35. The van der Waals surface area contributed by atoms with Gasteiger partial charge in [0, 0.05) is 10.1 Å². The number of hydrogen-bond acceptors (Lipinski definition) is 3. The number of benzene rings is 1. The van der Waals surface area contributed by atoms with Crippen LogP contribution >= 0.6 is 11.3 Å². The van der Waals surface area contributed by atoms with E-state index in [2.05, 4.69) is 0 Å². The standard InChI is InChI=1S/C10H8O3S/c1-13-7-2-3-8-6(4-5-14-8)9(7)10(11)12/h2-5H,1H3,(H,11,12). The van der Waals surface area contributed by atoms with Crippen LogP contribution in [-0.4, -0.2) is 18.2 Å². The predicted molar refractivity (Wildman–Crippen MR) is 55.3 cm³/mol. The largest absolute Gasteiger partial charge is 0.496 e. The minimum absolute atomic E-state index is 0.242. The predicted octanol–water partition coefficient (Wildman–Crippen LogP) is 2.61. The Morgan fingerprint density at radius 1 is 1.43 bits per heavy atom. The summed E-state index contributed by atoms with van der Waals surface area (Å²) in [6.07, 6.45) is 0. The van der Waals surface area contributed by atoms with E-state index < -0.39 is 5.97 Å². The van der Waals surface area contributed by atoms with Crippen LogP contribution in [0.5, 0.6) is 5.75 Å². The number of ether oxygens (including phenoxy) is 1. The second kappa shape index (κ2) is 3.31. The van der Waals surface area contributed by atoms with Gasteiger partial charge in [0.25, 0.3) is 0 Å². The zero-order valence-electron chi connectivity index (χ0n) is 7.48. The van der Waals surface area contributed by atoms with Crippen LogP contribution in [-0.2, 0) is 0 Å². The summed E-state index contributed by atoms with van der Waals surface area (Å²) < 4.78 is 5.97. The van der Waals surface area contributed by atoms with E-state index in [-0.39, 0.29) is 5.56 Å². The van der Waals surface area contributed by atoms with Gasteiger partial charge in [-0.2, -0.15) is 0 Å². The second-order valence-corrected chi connectivity index (χ2v) is 3.73. The Balaban J connectivity index is 2.82. The van der Waals surface area contributed by atoms with Crippen molar-refractivity contribution in [3.63, 3.8) is 0 Å². The number of carboxylic acids is 1. The van der Waals surface area contributed by atoms with E-state index >= 15 is 0 Å². The minimum Gasteiger partial charge on any atom is -0.496 e. The van der Waals surface area contributed by atoms with Gasteiger partial charge in [0.15, 0.2) is 0 Å². The van der Waals surface area contributed by atoms with Crippen molar-refractivity contribution < 1.29 is 14.6 Å². The van der Waals surface area contributed by atoms with E-state index in [0.717, 1.165) is 10.1 Å². The van der Waals surface area contributed by atoms with Crippen LogP contribution in [0.25, 0.3) is 10.1 Å². The molecule has 0 saturated carbocycles. The molecule has 0 spiro atoms. The molecule has 1 aromatic heterocycles. The van der Waals surface area contributed by atoms with Gasteiger partial charge in [0.2, 0.25) is 0 Å². The Morgan fingerprint density at radius 2 is 2.21 bits per heavy atom. The van der Waals surface area contributed by atoms with Crippen molar-refractivity contribution in [2.45, 2.75) is 0 Å². The molecule has 2 rings (SSSR count). The van der Waals surface area contributed by atoms with Crippen molar-refractivity contribution >= 4 is 27.4 Å². The van der Waals surface area contributed by atoms with Crippen molar-refractivity contribution in [3.8, 4) is 5.75 Å². The van der Waals surface area contributed by atoms with Gasteiger partial charge in [-0.05, 0) is 23.6 Å². The SMILES string of the molecule is COc1ccc2sccc2c1C(=O)O. The normalized spacial score (nSPS) is 10.4. The Bertz CT molecular complexity index is 487. The van der Waals surface area contributed by atoms with Crippen LogP contribution in [0.2, 0.25) is 0 Å². The molecule has 0 aliphatic rings. The minimum atomic E-state index is -0.953. The molecule has 0 saturated heterocycles. The lowest BCUT2D eigenvalue weighted by atomic mass is 10.1. The highest BCUT2D eigenvalue weighted by Crippen LogP contribution is 2.31. The third kappa shape index (κ3) is 1.24. The molecule has 4 heteroatoms. The number of hydrogen-bond donors (Lipinski definition) is 1. The monoisotopic (exact) mass is 208 g/mol. The van der Waals surface area contributed by atoms with Crippen LogP contribution in [0.3, 0.4) is 0 Å².